The molecule has 0 amide bonds. The zero-order valence-corrected chi connectivity index (χ0v) is 16.3. The number of nitrogens with two attached hydrogens (primary N) is 1. The third-order valence-electron chi connectivity index (χ3n) is 5.54. The summed E-state index contributed by atoms with van der Waals surface area (Å²) in [4.78, 5) is 0. The number of rotatable bonds is 2. The van der Waals surface area contributed by atoms with Crippen LogP contribution in [0.3, 0.4) is 0 Å². The van der Waals surface area contributed by atoms with Gasteiger partial charge in [-0.2, -0.15) is 5.26 Å². The van der Waals surface area contributed by atoms with Crippen molar-refractivity contribution in [3.63, 3.8) is 0 Å². The van der Waals surface area contributed by atoms with Crippen LogP contribution in [0.25, 0.3) is 6.08 Å². The molecule has 2 N–H and O–H groups in total. The van der Waals surface area contributed by atoms with Gasteiger partial charge in [0.05, 0.1) is 0 Å². The number of aryl methyl sites for hydroxylation is 2. The highest BCUT2D eigenvalue weighted by molar-refractivity contribution is 5.62. The molecule has 140 valence electrons. The highest BCUT2D eigenvalue weighted by Gasteiger charge is 2.35. The van der Waals surface area contributed by atoms with Crippen molar-refractivity contribution in [1.82, 2.24) is 0 Å². The van der Waals surface area contributed by atoms with Crippen molar-refractivity contribution in [3.8, 4) is 6.07 Å². The number of hydrogen-bond acceptors (Lipinski definition) is 3. The molecule has 0 bridgehead atoms. The van der Waals surface area contributed by atoms with Gasteiger partial charge >= 0.3 is 0 Å². The fourth-order valence-electron chi connectivity index (χ4n) is 4.04. The number of nitrogens with zero attached hydrogens (tertiary/aromatic N) is 1. The molecule has 0 aromatic heterocycles. The zero-order chi connectivity index (χ0) is 19.7. The van der Waals surface area contributed by atoms with Crippen LogP contribution >= 0.6 is 0 Å². The van der Waals surface area contributed by atoms with Crippen molar-refractivity contribution in [2.24, 2.45) is 5.73 Å². The lowest BCUT2D eigenvalue weighted by molar-refractivity contribution is 0.277. The van der Waals surface area contributed by atoms with Crippen LogP contribution in [-0.4, -0.2) is 0 Å². The Morgan fingerprint density at radius 2 is 1.64 bits per heavy atom. The molecule has 3 nitrogen and oxygen atoms in total. The molecule has 0 fully saturated rings. The second kappa shape index (κ2) is 7.40. The number of ether oxygens (including phenoxy) is 1. The van der Waals surface area contributed by atoms with E-state index >= 15 is 0 Å². The van der Waals surface area contributed by atoms with E-state index < -0.39 is 0 Å². The molecule has 0 saturated heterocycles. The van der Waals surface area contributed by atoms with Gasteiger partial charge in [0.1, 0.15) is 17.4 Å². The third-order valence-corrected chi connectivity index (χ3v) is 5.54. The first-order valence-corrected chi connectivity index (χ1v) is 9.71. The van der Waals surface area contributed by atoms with Crippen molar-refractivity contribution in [3.05, 3.63) is 99.1 Å². The molecule has 4 rings (SSSR count). The van der Waals surface area contributed by atoms with Gasteiger partial charge in [0, 0.05) is 5.92 Å². The van der Waals surface area contributed by atoms with E-state index in [4.69, 9.17) is 10.5 Å². The molecule has 28 heavy (non-hydrogen) atoms. The largest absolute Gasteiger partial charge is 0.440 e. The van der Waals surface area contributed by atoms with Crippen molar-refractivity contribution in [1.29, 1.82) is 5.26 Å². The maximum atomic E-state index is 9.76. The van der Waals surface area contributed by atoms with E-state index in [1.165, 1.54) is 16.7 Å². The van der Waals surface area contributed by atoms with Crippen LogP contribution in [0, 0.1) is 25.2 Å². The molecule has 2 aromatic rings. The summed E-state index contributed by atoms with van der Waals surface area (Å²) in [5.41, 5.74) is 13.7. The van der Waals surface area contributed by atoms with Crippen molar-refractivity contribution < 1.29 is 4.74 Å². The SMILES string of the molecule is Cc1ccc(/C=C2\CCCC3=C2OC(N)=C(C#N)[C@H]3c2ccc(C)cc2)cc1. The van der Waals surface area contributed by atoms with Crippen molar-refractivity contribution >= 4 is 6.08 Å². The molecule has 1 aliphatic heterocycles. The lowest BCUT2D eigenvalue weighted by Gasteiger charge is -2.33. The summed E-state index contributed by atoms with van der Waals surface area (Å²) in [5.74, 6) is 0.952. The van der Waals surface area contributed by atoms with Crippen LogP contribution in [0.15, 0.2) is 76.9 Å². The lowest BCUT2D eigenvalue weighted by Crippen LogP contribution is -2.23. The average molecular weight is 368 g/mol. The molecule has 0 unspecified atom stereocenters. The molecular weight excluding hydrogens is 344 g/mol. The quantitative estimate of drug-likeness (QED) is 0.747. The second-order valence-electron chi connectivity index (χ2n) is 7.62. The van der Waals surface area contributed by atoms with Crippen LogP contribution in [-0.2, 0) is 4.74 Å². The van der Waals surface area contributed by atoms with Crippen molar-refractivity contribution in [2.45, 2.75) is 39.0 Å². The Labute approximate surface area is 166 Å². The maximum absolute atomic E-state index is 9.76. The summed E-state index contributed by atoms with van der Waals surface area (Å²) in [6.45, 7) is 4.15. The summed E-state index contributed by atoms with van der Waals surface area (Å²) in [6.07, 6.45) is 5.09. The Morgan fingerprint density at radius 1 is 1.00 bits per heavy atom. The van der Waals surface area contributed by atoms with E-state index in [1.54, 1.807) is 0 Å². The van der Waals surface area contributed by atoms with E-state index in [0.29, 0.717) is 5.57 Å². The molecule has 1 heterocycles. The molecule has 1 atom stereocenters. The minimum atomic E-state index is -0.129. The fourth-order valence-corrected chi connectivity index (χ4v) is 4.04. The number of benzene rings is 2. The first-order valence-electron chi connectivity index (χ1n) is 9.71. The smallest absolute Gasteiger partial charge is 0.205 e. The average Bonchev–Trinajstić information content (AvgIpc) is 2.70. The van der Waals surface area contributed by atoms with Gasteiger partial charge in [-0.3, -0.25) is 0 Å². The van der Waals surface area contributed by atoms with E-state index in [2.05, 4.69) is 74.5 Å². The molecule has 2 aromatic carbocycles. The highest BCUT2D eigenvalue weighted by Crippen LogP contribution is 2.46. The Bertz CT molecular complexity index is 1030. The zero-order valence-electron chi connectivity index (χ0n) is 16.3. The van der Waals surface area contributed by atoms with E-state index in [-0.39, 0.29) is 11.8 Å². The van der Waals surface area contributed by atoms with Crippen LogP contribution in [0.2, 0.25) is 0 Å². The summed E-state index contributed by atoms with van der Waals surface area (Å²) in [6, 6.07) is 19.1. The lowest BCUT2D eigenvalue weighted by atomic mass is 9.77. The van der Waals surface area contributed by atoms with Crippen LogP contribution in [0.4, 0.5) is 0 Å². The van der Waals surface area contributed by atoms with Crippen molar-refractivity contribution in [2.75, 3.05) is 0 Å². The maximum Gasteiger partial charge on any atom is 0.205 e. The minimum absolute atomic E-state index is 0.129. The molecular formula is C25H24N2O. The summed E-state index contributed by atoms with van der Waals surface area (Å²) in [5, 5.41) is 9.76. The number of hydrogen-bond donors (Lipinski definition) is 1. The summed E-state index contributed by atoms with van der Waals surface area (Å²) >= 11 is 0. The Hall–Kier alpha value is -3.25. The second-order valence-corrected chi connectivity index (χ2v) is 7.62. The molecule has 0 saturated carbocycles. The predicted octanol–water partition coefficient (Wildman–Crippen LogP) is 5.63. The molecule has 0 radical (unpaired) electrons. The summed E-state index contributed by atoms with van der Waals surface area (Å²) < 4.78 is 6.02. The monoisotopic (exact) mass is 368 g/mol. The Morgan fingerprint density at radius 3 is 2.29 bits per heavy atom. The van der Waals surface area contributed by atoms with Gasteiger partial charge in [0.15, 0.2) is 0 Å². The van der Waals surface area contributed by atoms with Gasteiger partial charge in [-0.15, -0.1) is 0 Å². The van der Waals surface area contributed by atoms with E-state index in [9.17, 15) is 5.26 Å². The Balaban J connectivity index is 1.82. The number of nitriles is 1. The molecule has 0 spiro atoms. The van der Waals surface area contributed by atoms with Crippen LogP contribution < -0.4 is 5.73 Å². The number of allylic oxidation sites excluding steroid dienone is 3. The Kier molecular flexibility index (Phi) is 4.79. The molecule has 3 heteroatoms. The standard InChI is InChI=1S/C25H24N2O/c1-16-6-10-18(11-7-16)14-20-4-3-5-21-23(19-12-8-17(2)9-13-19)22(15-26)25(27)28-24(20)21/h6-14,23H,3-5,27H2,1-2H3/b20-14+/t23-/m0/s1. The molecule has 1 aliphatic carbocycles. The van der Waals surface area contributed by atoms with Gasteiger partial charge < -0.3 is 10.5 Å². The first kappa shape index (κ1) is 18.1. The normalized spacial score (nSPS) is 20.6. The van der Waals surface area contributed by atoms with Gasteiger partial charge in [-0.1, -0.05) is 59.7 Å². The van der Waals surface area contributed by atoms with Crippen LogP contribution in [0.1, 0.15) is 47.4 Å². The molecule has 2 aliphatic rings. The fraction of sp³-hybridized carbons (Fsp3) is 0.240. The van der Waals surface area contributed by atoms with Gasteiger partial charge in [-0.05, 0) is 61.5 Å². The van der Waals surface area contributed by atoms with E-state index in [0.717, 1.165) is 41.7 Å². The predicted molar refractivity (Wildman–Crippen MR) is 112 cm³/mol. The highest BCUT2D eigenvalue weighted by atomic mass is 16.5. The van der Waals surface area contributed by atoms with Gasteiger partial charge in [-0.25, -0.2) is 0 Å². The first-order chi connectivity index (χ1) is 13.6. The topological polar surface area (TPSA) is 59.0 Å². The van der Waals surface area contributed by atoms with Crippen LogP contribution in [0.5, 0.6) is 0 Å². The van der Waals surface area contributed by atoms with Gasteiger partial charge in [0.2, 0.25) is 5.88 Å². The summed E-state index contributed by atoms with van der Waals surface area (Å²) in [7, 11) is 0. The third kappa shape index (κ3) is 3.34. The minimum Gasteiger partial charge on any atom is -0.440 e. The van der Waals surface area contributed by atoms with Gasteiger partial charge in [0.25, 0.3) is 0 Å². The van der Waals surface area contributed by atoms with E-state index in [1.807, 2.05) is 0 Å².